The quantitative estimate of drug-likeness (QED) is 0.751. The minimum absolute atomic E-state index is 0.344. The van der Waals surface area contributed by atoms with Crippen molar-refractivity contribution in [2.75, 3.05) is 12.4 Å². The van der Waals surface area contributed by atoms with Crippen LogP contribution in [0.4, 0.5) is 19.4 Å². The average molecular weight is 360 g/mol. The summed E-state index contributed by atoms with van der Waals surface area (Å²) in [4.78, 5) is 23.6. The van der Waals surface area contributed by atoms with Gasteiger partial charge in [0, 0.05) is 43.9 Å². The first-order valence-corrected chi connectivity index (χ1v) is 7.87. The highest BCUT2D eigenvalue weighted by Crippen LogP contribution is 2.32. The van der Waals surface area contributed by atoms with Gasteiger partial charge in [-0.05, 0) is 19.1 Å². The molecule has 9 heteroatoms. The number of hydrogen-bond donors (Lipinski definition) is 2. The van der Waals surface area contributed by atoms with Gasteiger partial charge in [0.2, 0.25) is 0 Å². The van der Waals surface area contributed by atoms with Gasteiger partial charge >= 0.3 is 12.0 Å². The van der Waals surface area contributed by atoms with Gasteiger partial charge in [0.15, 0.2) is 5.82 Å². The van der Waals surface area contributed by atoms with Crippen LogP contribution in [0.1, 0.15) is 18.4 Å². The summed E-state index contributed by atoms with van der Waals surface area (Å²) in [6, 6.07) is 2.93. The first kappa shape index (κ1) is 17.7. The number of hydrogen-bond acceptors (Lipinski definition) is 4. The Kier molecular flexibility index (Phi) is 4.31. The molecule has 3 heterocycles. The Morgan fingerprint density at radius 1 is 1.27 bits per heavy atom. The van der Waals surface area contributed by atoms with E-state index in [1.165, 1.54) is 7.05 Å². The summed E-state index contributed by atoms with van der Waals surface area (Å²) in [5.74, 6) is -3.32. The average Bonchev–Trinajstić information content (AvgIpc) is 2.90. The number of alkyl halides is 2. The summed E-state index contributed by atoms with van der Waals surface area (Å²) in [5, 5.41) is 5.77. The van der Waals surface area contributed by atoms with Crippen LogP contribution >= 0.6 is 0 Å². The van der Waals surface area contributed by atoms with Crippen LogP contribution in [0.5, 0.6) is 0 Å². The monoisotopic (exact) mass is 360 g/mol. The van der Waals surface area contributed by atoms with E-state index in [2.05, 4.69) is 25.6 Å². The van der Waals surface area contributed by atoms with Crippen molar-refractivity contribution in [1.82, 2.24) is 24.8 Å². The van der Waals surface area contributed by atoms with Crippen molar-refractivity contribution in [3.8, 4) is 11.3 Å². The van der Waals surface area contributed by atoms with E-state index in [-0.39, 0.29) is 0 Å². The second kappa shape index (κ2) is 6.32. The number of carbonyl (C=O) groups is 1. The lowest BCUT2D eigenvalue weighted by Gasteiger charge is -2.11. The maximum atomic E-state index is 13.7. The number of aryl methyl sites for hydroxylation is 2. The fourth-order valence-corrected chi connectivity index (χ4v) is 2.63. The molecule has 0 aliphatic rings. The Hall–Kier alpha value is -3.10. The number of nitrogens with one attached hydrogen (secondary N) is 2. The van der Waals surface area contributed by atoms with E-state index in [9.17, 15) is 13.6 Å². The molecule has 0 unspecified atom stereocenters. The summed E-state index contributed by atoms with van der Waals surface area (Å²) in [6.07, 6.45) is 3.39. The number of halogens is 2. The zero-order valence-electron chi connectivity index (χ0n) is 14.8. The summed E-state index contributed by atoms with van der Waals surface area (Å²) in [5.41, 5.74) is 2.27. The van der Waals surface area contributed by atoms with Crippen molar-refractivity contribution < 1.29 is 13.6 Å². The van der Waals surface area contributed by atoms with Gasteiger partial charge in [-0.25, -0.2) is 19.7 Å². The van der Waals surface area contributed by atoms with Crippen LogP contribution in [-0.2, 0) is 13.0 Å². The SMILES string of the molecule is CNC(=O)Nc1cc2c(-c3cc(C)nc(C(C)(F)F)n3)cn(C)c2cn1. The minimum atomic E-state index is -3.14. The first-order chi connectivity index (χ1) is 12.2. The standard InChI is InChI=1S/C17H18F2N6O/c1-9-5-12(23-15(22-9)17(2,18)19)11-8-25(4)13-7-21-14(6-10(11)13)24-16(26)20-3/h5-8H,1-4H3,(H2,20,21,24,26). The molecular formula is C17H18F2N6O. The number of urea groups is 1. The molecule has 3 aromatic rings. The third-order valence-electron chi connectivity index (χ3n) is 3.87. The van der Waals surface area contributed by atoms with Crippen LogP contribution in [-0.4, -0.2) is 32.6 Å². The molecule has 3 aromatic heterocycles. The number of fused-ring (bicyclic) bond motifs is 1. The summed E-state index contributed by atoms with van der Waals surface area (Å²) in [7, 11) is 3.32. The van der Waals surface area contributed by atoms with E-state index < -0.39 is 17.8 Å². The number of nitrogens with zero attached hydrogens (tertiary/aromatic N) is 4. The molecule has 26 heavy (non-hydrogen) atoms. The molecule has 0 bridgehead atoms. The summed E-state index contributed by atoms with van der Waals surface area (Å²) in [6.45, 7) is 2.41. The van der Waals surface area contributed by atoms with E-state index in [1.807, 2.05) is 11.6 Å². The van der Waals surface area contributed by atoms with Gasteiger partial charge in [-0.2, -0.15) is 8.78 Å². The number of amides is 2. The van der Waals surface area contributed by atoms with Crippen molar-refractivity contribution in [2.24, 2.45) is 7.05 Å². The highest BCUT2D eigenvalue weighted by atomic mass is 19.3. The zero-order valence-corrected chi connectivity index (χ0v) is 14.8. The maximum absolute atomic E-state index is 13.7. The summed E-state index contributed by atoms with van der Waals surface area (Å²) >= 11 is 0. The first-order valence-electron chi connectivity index (χ1n) is 7.87. The molecule has 0 atom stereocenters. The van der Waals surface area contributed by atoms with Gasteiger partial charge in [-0.15, -0.1) is 0 Å². The van der Waals surface area contributed by atoms with Crippen molar-refractivity contribution >= 4 is 22.8 Å². The van der Waals surface area contributed by atoms with Gasteiger partial charge in [-0.1, -0.05) is 0 Å². The normalized spacial score (nSPS) is 11.6. The summed E-state index contributed by atoms with van der Waals surface area (Å²) < 4.78 is 29.2. The molecule has 7 nitrogen and oxygen atoms in total. The number of pyridine rings is 1. The van der Waals surface area contributed by atoms with Crippen LogP contribution in [0, 0.1) is 6.92 Å². The van der Waals surface area contributed by atoms with Crippen LogP contribution in [0.15, 0.2) is 24.5 Å². The molecule has 3 rings (SSSR count). The van der Waals surface area contributed by atoms with E-state index in [0.717, 1.165) is 17.8 Å². The van der Waals surface area contributed by atoms with E-state index in [1.54, 1.807) is 31.5 Å². The highest BCUT2D eigenvalue weighted by molar-refractivity contribution is 5.98. The van der Waals surface area contributed by atoms with Crippen LogP contribution in [0.3, 0.4) is 0 Å². The predicted molar refractivity (Wildman–Crippen MR) is 94.1 cm³/mol. The number of aromatic nitrogens is 4. The molecule has 2 N–H and O–H groups in total. The Balaban J connectivity index is 2.17. The third-order valence-corrected chi connectivity index (χ3v) is 3.87. The minimum Gasteiger partial charge on any atom is -0.349 e. The fraction of sp³-hybridized carbons (Fsp3) is 0.294. The van der Waals surface area contributed by atoms with Gasteiger partial charge in [0.25, 0.3) is 0 Å². The van der Waals surface area contributed by atoms with Gasteiger partial charge < -0.3 is 9.88 Å². The molecule has 0 aromatic carbocycles. The van der Waals surface area contributed by atoms with Gasteiger partial charge in [0.05, 0.1) is 17.4 Å². The number of anilines is 1. The molecule has 0 aliphatic heterocycles. The topological polar surface area (TPSA) is 84.7 Å². The Bertz CT molecular complexity index is 993. The Labute approximate surface area is 148 Å². The van der Waals surface area contributed by atoms with Gasteiger partial charge in [-0.3, -0.25) is 5.32 Å². The maximum Gasteiger partial charge on any atom is 0.320 e. The molecular weight excluding hydrogens is 342 g/mol. The van der Waals surface area contributed by atoms with Crippen molar-refractivity contribution in [3.05, 3.63) is 36.0 Å². The van der Waals surface area contributed by atoms with Crippen molar-refractivity contribution in [1.29, 1.82) is 0 Å². The Morgan fingerprint density at radius 2 is 2.00 bits per heavy atom. The molecule has 2 amide bonds. The second-order valence-corrected chi connectivity index (χ2v) is 6.05. The van der Waals surface area contributed by atoms with Crippen molar-refractivity contribution in [3.63, 3.8) is 0 Å². The highest BCUT2D eigenvalue weighted by Gasteiger charge is 2.29. The molecule has 0 spiro atoms. The van der Waals surface area contributed by atoms with Gasteiger partial charge in [0.1, 0.15) is 5.82 Å². The van der Waals surface area contributed by atoms with E-state index >= 15 is 0 Å². The number of rotatable bonds is 3. The van der Waals surface area contributed by atoms with Crippen LogP contribution in [0.25, 0.3) is 22.2 Å². The third kappa shape index (κ3) is 3.32. The zero-order chi connectivity index (χ0) is 19.1. The fourth-order valence-electron chi connectivity index (χ4n) is 2.63. The molecule has 0 radical (unpaired) electrons. The smallest absolute Gasteiger partial charge is 0.320 e. The molecule has 0 saturated heterocycles. The van der Waals surface area contributed by atoms with Crippen molar-refractivity contribution in [2.45, 2.75) is 19.8 Å². The Morgan fingerprint density at radius 3 is 2.65 bits per heavy atom. The lowest BCUT2D eigenvalue weighted by atomic mass is 10.1. The van der Waals surface area contributed by atoms with E-state index in [0.29, 0.717) is 22.8 Å². The predicted octanol–water partition coefficient (Wildman–Crippen LogP) is 3.20. The lowest BCUT2D eigenvalue weighted by Crippen LogP contribution is -2.24. The van der Waals surface area contributed by atoms with Crippen LogP contribution in [0.2, 0.25) is 0 Å². The molecule has 136 valence electrons. The second-order valence-electron chi connectivity index (χ2n) is 6.05. The number of carbonyl (C=O) groups excluding carboxylic acids is 1. The molecule has 0 fully saturated rings. The van der Waals surface area contributed by atoms with Crippen LogP contribution < -0.4 is 10.6 Å². The molecule has 0 aliphatic carbocycles. The molecule has 0 saturated carbocycles. The lowest BCUT2D eigenvalue weighted by molar-refractivity contribution is 0.00763. The largest absolute Gasteiger partial charge is 0.349 e. The van der Waals surface area contributed by atoms with E-state index in [4.69, 9.17) is 0 Å².